The summed E-state index contributed by atoms with van der Waals surface area (Å²) < 4.78 is 5.31. The molecule has 0 bridgehead atoms. The van der Waals surface area contributed by atoms with E-state index in [1.54, 1.807) is 42.4 Å². The highest BCUT2D eigenvalue weighted by molar-refractivity contribution is 8.00. The molecule has 2 heterocycles. The third-order valence-electron chi connectivity index (χ3n) is 4.25. The van der Waals surface area contributed by atoms with Gasteiger partial charge in [-0.1, -0.05) is 11.6 Å². The second-order valence-corrected chi connectivity index (χ2v) is 7.72. The molecule has 1 amide bonds. The van der Waals surface area contributed by atoms with Crippen LogP contribution in [-0.2, 0) is 14.3 Å². The molecule has 1 saturated heterocycles. The molecule has 0 spiro atoms. The Morgan fingerprint density at radius 2 is 1.79 bits per heavy atom. The normalized spacial score (nSPS) is 15.2. The lowest BCUT2D eigenvalue weighted by Crippen LogP contribution is -2.52. The first-order chi connectivity index (χ1) is 13.5. The number of nitrogens with zero attached hydrogens (tertiary/aromatic N) is 4. The van der Waals surface area contributed by atoms with Crippen molar-refractivity contribution < 1.29 is 14.3 Å². The van der Waals surface area contributed by atoms with Crippen LogP contribution in [-0.4, -0.2) is 64.8 Å². The number of carbonyl (C=O) groups is 2. The number of aromatic nitrogens is 2. The predicted molar refractivity (Wildman–Crippen MR) is 109 cm³/mol. The fourth-order valence-electron chi connectivity index (χ4n) is 2.79. The molecule has 0 N–H and O–H groups in total. The van der Waals surface area contributed by atoms with Crippen LogP contribution in [0.1, 0.15) is 6.92 Å². The van der Waals surface area contributed by atoms with Gasteiger partial charge in [0.2, 0.25) is 5.95 Å². The second-order valence-electron chi connectivity index (χ2n) is 6.24. The molecule has 0 aliphatic carbocycles. The van der Waals surface area contributed by atoms with Gasteiger partial charge in [0.25, 0.3) is 5.91 Å². The predicted octanol–water partition coefficient (Wildman–Crippen LogP) is 2.50. The maximum absolute atomic E-state index is 12.6. The lowest BCUT2D eigenvalue weighted by atomic mass is 10.2. The molecule has 28 heavy (non-hydrogen) atoms. The molecule has 1 atom stereocenters. The number of ether oxygens (including phenoxy) is 1. The van der Waals surface area contributed by atoms with Gasteiger partial charge in [-0.3, -0.25) is 9.59 Å². The average Bonchev–Trinajstić information content (AvgIpc) is 2.73. The van der Waals surface area contributed by atoms with E-state index in [-0.39, 0.29) is 11.7 Å². The zero-order valence-corrected chi connectivity index (χ0v) is 17.0. The van der Waals surface area contributed by atoms with Crippen molar-refractivity contribution in [1.29, 1.82) is 0 Å². The molecule has 0 saturated carbocycles. The number of esters is 1. The van der Waals surface area contributed by atoms with Gasteiger partial charge in [0, 0.05) is 48.5 Å². The lowest BCUT2D eigenvalue weighted by Gasteiger charge is -2.35. The Hall–Kier alpha value is -2.32. The summed E-state index contributed by atoms with van der Waals surface area (Å²) >= 11 is 7.19. The fraction of sp³-hybridized carbons (Fsp3) is 0.368. The van der Waals surface area contributed by atoms with E-state index in [1.165, 1.54) is 11.8 Å². The van der Waals surface area contributed by atoms with Crippen molar-refractivity contribution in [3.8, 4) is 0 Å². The monoisotopic (exact) mass is 420 g/mol. The molecule has 0 radical (unpaired) electrons. The maximum Gasteiger partial charge on any atom is 0.317 e. The van der Waals surface area contributed by atoms with Gasteiger partial charge in [0.05, 0.1) is 5.75 Å². The van der Waals surface area contributed by atoms with Gasteiger partial charge in [-0.25, -0.2) is 9.97 Å². The zero-order chi connectivity index (χ0) is 19.9. The first-order valence-electron chi connectivity index (χ1n) is 8.91. The van der Waals surface area contributed by atoms with Gasteiger partial charge < -0.3 is 14.5 Å². The zero-order valence-electron chi connectivity index (χ0n) is 15.5. The van der Waals surface area contributed by atoms with Crippen molar-refractivity contribution in [3.63, 3.8) is 0 Å². The van der Waals surface area contributed by atoms with Crippen molar-refractivity contribution in [2.75, 3.05) is 36.8 Å². The van der Waals surface area contributed by atoms with Crippen molar-refractivity contribution in [1.82, 2.24) is 14.9 Å². The SMILES string of the molecule is CC(OC(=O)CSc1ccc(Cl)cc1)C(=O)N1CCN(c2ncccn2)CC1. The number of benzene rings is 1. The molecule has 1 unspecified atom stereocenters. The summed E-state index contributed by atoms with van der Waals surface area (Å²) in [6.07, 6.45) is 2.59. The largest absolute Gasteiger partial charge is 0.452 e. The van der Waals surface area contributed by atoms with Crippen LogP contribution in [0, 0.1) is 0 Å². The highest BCUT2D eigenvalue weighted by Gasteiger charge is 2.27. The molecular weight excluding hydrogens is 400 g/mol. The Bertz CT molecular complexity index is 799. The number of piperazine rings is 1. The van der Waals surface area contributed by atoms with Crippen LogP contribution < -0.4 is 4.90 Å². The van der Waals surface area contributed by atoms with Crippen molar-refractivity contribution >= 4 is 41.2 Å². The lowest BCUT2D eigenvalue weighted by molar-refractivity contribution is -0.157. The minimum absolute atomic E-state index is 0.137. The van der Waals surface area contributed by atoms with Crippen LogP contribution in [0.25, 0.3) is 0 Å². The third-order valence-corrected chi connectivity index (χ3v) is 5.49. The van der Waals surface area contributed by atoms with Crippen LogP contribution >= 0.6 is 23.4 Å². The van der Waals surface area contributed by atoms with E-state index >= 15 is 0 Å². The molecule has 1 aromatic carbocycles. The van der Waals surface area contributed by atoms with Crippen LogP contribution in [0.4, 0.5) is 5.95 Å². The quantitative estimate of drug-likeness (QED) is 0.525. The number of hydrogen-bond donors (Lipinski definition) is 0. The van der Waals surface area contributed by atoms with Crippen molar-refractivity contribution in [2.45, 2.75) is 17.9 Å². The van der Waals surface area contributed by atoms with Crippen LogP contribution in [0.3, 0.4) is 0 Å². The minimum Gasteiger partial charge on any atom is -0.452 e. The summed E-state index contributed by atoms with van der Waals surface area (Å²) in [6.45, 7) is 3.97. The number of amides is 1. The molecule has 148 valence electrons. The van der Waals surface area contributed by atoms with Crippen LogP contribution in [0.5, 0.6) is 0 Å². The number of thioether (sulfide) groups is 1. The van der Waals surface area contributed by atoms with Crippen molar-refractivity contribution in [2.24, 2.45) is 0 Å². The number of hydrogen-bond acceptors (Lipinski definition) is 7. The highest BCUT2D eigenvalue weighted by Crippen LogP contribution is 2.20. The highest BCUT2D eigenvalue weighted by atomic mass is 35.5. The Morgan fingerprint density at radius 3 is 2.43 bits per heavy atom. The Labute approximate surface area is 173 Å². The van der Waals surface area contributed by atoms with E-state index in [9.17, 15) is 9.59 Å². The van der Waals surface area contributed by atoms with Gasteiger partial charge in [0.15, 0.2) is 6.10 Å². The summed E-state index contributed by atoms with van der Waals surface area (Å²) in [4.78, 5) is 37.7. The van der Waals surface area contributed by atoms with Gasteiger partial charge in [0.1, 0.15) is 0 Å². The molecule has 1 fully saturated rings. The van der Waals surface area contributed by atoms with Gasteiger partial charge >= 0.3 is 5.97 Å². The van der Waals surface area contributed by atoms with Crippen LogP contribution in [0.15, 0.2) is 47.6 Å². The number of anilines is 1. The van der Waals surface area contributed by atoms with E-state index in [1.807, 2.05) is 17.0 Å². The molecule has 9 heteroatoms. The summed E-state index contributed by atoms with van der Waals surface area (Å²) in [5, 5.41) is 0.644. The summed E-state index contributed by atoms with van der Waals surface area (Å²) in [7, 11) is 0. The minimum atomic E-state index is -0.808. The number of rotatable bonds is 6. The molecule has 1 aliphatic heterocycles. The Morgan fingerprint density at radius 1 is 1.14 bits per heavy atom. The van der Waals surface area contributed by atoms with Gasteiger partial charge in [-0.2, -0.15) is 0 Å². The summed E-state index contributed by atoms with van der Waals surface area (Å²) in [6, 6.07) is 8.98. The smallest absolute Gasteiger partial charge is 0.317 e. The number of halogens is 1. The average molecular weight is 421 g/mol. The van der Waals surface area contributed by atoms with E-state index in [2.05, 4.69) is 9.97 Å². The first-order valence-corrected chi connectivity index (χ1v) is 10.3. The fourth-order valence-corrected chi connectivity index (χ4v) is 3.60. The molecule has 3 rings (SSSR count). The maximum atomic E-state index is 12.6. The molecule has 7 nitrogen and oxygen atoms in total. The number of carbonyl (C=O) groups excluding carboxylic acids is 2. The summed E-state index contributed by atoms with van der Waals surface area (Å²) in [5.41, 5.74) is 0. The van der Waals surface area contributed by atoms with E-state index in [0.29, 0.717) is 37.1 Å². The Kier molecular flexibility index (Phi) is 7.11. The molecule has 1 aromatic heterocycles. The van der Waals surface area contributed by atoms with E-state index in [0.717, 1.165) is 4.90 Å². The Balaban J connectivity index is 1.43. The topological polar surface area (TPSA) is 75.6 Å². The first kappa shape index (κ1) is 20.4. The van der Waals surface area contributed by atoms with Crippen LogP contribution in [0.2, 0.25) is 5.02 Å². The second kappa shape index (κ2) is 9.75. The molecule has 1 aliphatic rings. The molecular formula is C19H21ClN4O3S. The van der Waals surface area contributed by atoms with E-state index in [4.69, 9.17) is 16.3 Å². The van der Waals surface area contributed by atoms with E-state index < -0.39 is 12.1 Å². The van der Waals surface area contributed by atoms with Gasteiger partial charge in [-0.05, 0) is 37.3 Å². The van der Waals surface area contributed by atoms with Crippen molar-refractivity contribution in [3.05, 3.63) is 47.7 Å². The molecule has 2 aromatic rings. The van der Waals surface area contributed by atoms with Gasteiger partial charge in [-0.15, -0.1) is 11.8 Å². The summed E-state index contributed by atoms with van der Waals surface area (Å²) in [5.74, 6) is 0.196. The third kappa shape index (κ3) is 5.59. The standard InChI is InChI=1S/C19H21ClN4O3S/c1-14(27-17(25)13-28-16-5-3-15(20)4-6-16)18(26)23-9-11-24(12-10-23)19-21-7-2-8-22-19/h2-8,14H,9-13H2,1H3.